The maximum atomic E-state index is 11.4. The normalized spacial score (nSPS) is 16.4. The van der Waals surface area contributed by atoms with Gasteiger partial charge in [-0.3, -0.25) is 0 Å². The molecule has 0 saturated carbocycles. The summed E-state index contributed by atoms with van der Waals surface area (Å²) in [4.78, 5) is 19.7. The van der Waals surface area contributed by atoms with Crippen LogP contribution in [0.2, 0.25) is 0 Å². The Labute approximate surface area is 115 Å². The number of methoxy groups -OCH3 is 1. The van der Waals surface area contributed by atoms with Crippen LogP contribution in [0.4, 0.5) is 5.82 Å². The van der Waals surface area contributed by atoms with Crippen LogP contribution in [0, 0.1) is 0 Å². The van der Waals surface area contributed by atoms with Gasteiger partial charge >= 0.3 is 5.97 Å². The van der Waals surface area contributed by atoms with E-state index in [2.05, 4.69) is 14.7 Å². The Hall–Kier alpha value is -2.63. The van der Waals surface area contributed by atoms with Gasteiger partial charge in [-0.1, -0.05) is 18.2 Å². The molecule has 1 atom stereocenters. The zero-order chi connectivity index (χ0) is 14.1. The highest BCUT2D eigenvalue weighted by Crippen LogP contribution is 2.35. The van der Waals surface area contributed by atoms with Crippen molar-refractivity contribution in [3.05, 3.63) is 47.4 Å². The van der Waals surface area contributed by atoms with Crippen LogP contribution < -0.4 is 10.5 Å². The van der Waals surface area contributed by atoms with E-state index in [4.69, 9.17) is 10.5 Å². The Morgan fingerprint density at radius 1 is 1.45 bits per heavy atom. The summed E-state index contributed by atoms with van der Waals surface area (Å²) < 4.78 is 10.4. The van der Waals surface area contributed by atoms with Gasteiger partial charge in [-0.05, 0) is 11.6 Å². The van der Waals surface area contributed by atoms with Gasteiger partial charge in [0, 0.05) is 12.6 Å². The minimum absolute atomic E-state index is 0.0985. The van der Waals surface area contributed by atoms with Crippen molar-refractivity contribution >= 4 is 11.8 Å². The first kappa shape index (κ1) is 12.4. The molecular formula is C14H13N3O3. The lowest BCUT2D eigenvalue weighted by molar-refractivity contribution is 0.0600. The third-order valence-electron chi connectivity index (χ3n) is 3.18. The third kappa shape index (κ3) is 2.05. The van der Waals surface area contributed by atoms with Gasteiger partial charge < -0.3 is 15.2 Å². The van der Waals surface area contributed by atoms with Crippen molar-refractivity contribution in [2.45, 2.75) is 12.5 Å². The molecule has 2 heterocycles. The highest BCUT2D eigenvalue weighted by molar-refractivity contribution is 5.93. The zero-order valence-electron chi connectivity index (χ0n) is 10.9. The number of carbonyl (C=O) groups is 1. The quantitative estimate of drug-likeness (QED) is 0.833. The number of nitrogen functional groups attached to an aromatic ring is 1. The van der Waals surface area contributed by atoms with Crippen LogP contribution in [0.15, 0.2) is 30.5 Å². The predicted octanol–water partition coefficient (Wildman–Crippen LogP) is 1.52. The predicted molar refractivity (Wildman–Crippen MR) is 71.3 cm³/mol. The fourth-order valence-corrected chi connectivity index (χ4v) is 2.16. The van der Waals surface area contributed by atoms with Gasteiger partial charge in [0.1, 0.15) is 17.1 Å². The van der Waals surface area contributed by atoms with Crippen LogP contribution in [0.1, 0.15) is 27.8 Å². The molecule has 1 aromatic heterocycles. The maximum absolute atomic E-state index is 11.4. The lowest BCUT2D eigenvalue weighted by Crippen LogP contribution is -2.14. The Bertz CT molecular complexity index is 647. The molecule has 0 radical (unpaired) electrons. The topological polar surface area (TPSA) is 87.3 Å². The minimum Gasteiger partial charge on any atom is -0.482 e. The number of ether oxygens (including phenoxy) is 2. The molecule has 1 aliphatic heterocycles. The van der Waals surface area contributed by atoms with Gasteiger partial charge in [0.15, 0.2) is 11.9 Å². The number of benzene rings is 1. The van der Waals surface area contributed by atoms with Crippen LogP contribution in [0.25, 0.3) is 0 Å². The summed E-state index contributed by atoms with van der Waals surface area (Å²) in [6.07, 6.45) is 1.78. The summed E-state index contributed by atoms with van der Waals surface area (Å²) in [7, 11) is 1.28. The molecule has 0 aliphatic carbocycles. The van der Waals surface area contributed by atoms with E-state index < -0.39 is 5.97 Å². The van der Waals surface area contributed by atoms with Crippen LogP contribution in [-0.2, 0) is 11.2 Å². The molecule has 6 nitrogen and oxygen atoms in total. The molecule has 1 unspecified atom stereocenters. The highest BCUT2D eigenvalue weighted by atomic mass is 16.5. The summed E-state index contributed by atoms with van der Waals surface area (Å²) in [6, 6.07) is 7.78. The molecule has 6 heteroatoms. The average molecular weight is 271 g/mol. The molecule has 0 amide bonds. The van der Waals surface area contributed by atoms with Crippen molar-refractivity contribution in [1.29, 1.82) is 0 Å². The molecular weight excluding hydrogens is 258 g/mol. The largest absolute Gasteiger partial charge is 0.482 e. The Kier molecular flexibility index (Phi) is 2.98. The van der Waals surface area contributed by atoms with E-state index in [0.29, 0.717) is 12.2 Å². The van der Waals surface area contributed by atoms with Gasteiger partial charge in [-0.25, -0.2) is 14.8 Å². The van der Waals surface area contributed by atoms with Gasteiger partial charge in [-0.15, -0.1) is 0 Å². The van der Waals surface area contributed by atoms with Crippen LogP contribution >= 0.6 is 0 Å². The van der Waals surface area contributed by atoms with Crippen molar-refractivity contribution in [2.75, 3.05) is 12.8 Å². The lowest BCUT2D eigenvalue weighted by Gasteiger charge is -2.10. The van der Waals surface area contributed by atoms with Crippen molar-refractivity contribution in [1.82, 2.24) is 9.97 Å². The summed E-state index contributed by atoms with van der Waals surface area (Å²) >= 11 is 0. The average Bonchev–Trinajstić information content (AvgIpc) is 2.90. The molecule has 0 saturated heterocycles. The number of aromatic nitrogens is 2. The molecule has 20 heavy (non-hydrogen) atoms. The van der Waals surface area contributed by atoms with Crippen molar-refractivity contribution in [3.8, 4) is 5.75 Å². The summed E-state index contributed by atoms with van der Waals surface area (Å²) in [6.45, 7) is 0. The van der Waals surface area contributed by atoms with E-state index in [1.54, 1.807) is 0 Å². The number of hydrogen-bond acceptors (Lipinski definition) is 6. The SMILES string of the molecule is COC(=O)c1cnc(C2Cc3ccccc3O2)nc1N. The highest BCUT2D eigenvalue weighted by Gasteiger charge is 2.27. The Balaban J connectivity index is 1.87. The second-order valence-electron chi connectivity index (χ2n) is 4.44. The monoisotopic (exact) mass is 271 g/mol. The maximum Gasteiger partial charge on any atom is 0.343 e. The second kappa shape index (κ2) is 4.80. The molecule has 1 aliphatic rings. The lowest BCUT2D eigenvalue weighted by atomic mass is 10.1. The third-order valence-corrected chi connectivity index (χ3v) is 3.18. The van der Waals surface area contributed by atoms with Crippen LogP contribution in [-0.4, -0.2) is 23.0 Å². The molecule has 102 valence electrons. The number of para-hydroxylation sites is 1. The molecule has 2 N–H and O–H groups in total. The number of esters is 1. The fraction of sp³-hybridized carbons (Fsp3) is 0.214. The molecule has 2 aromatic rings. The molecule has 0 bridgehead atoms. The number of rotatable bonds is 2. The van der Waals surface area contributed by atoms with Gasteiger partial charge in [-0.2, -0.15) is 0 Å². The van der Waals surface area contributed by atoms with Gasteiger partial charge in [0.2, 0.25) is 0 Å². The number of anilines is 1. The summed E-state index contributed by atoms with van der Waals surface area (Å²) in [5, 5.41) is 0. The second-order valence-corrected chi connectivity index (χ2v) is 4.44. The van der Waals surface area contributed by atoms with Crippen LogP contribution in [0.5, 0.6) is 5.75 Å². The van der Waals surface area contributed by atoms with E-state index in [1.165, 1.54) is 13.3 Å². The molecule has 0 spiro atoms. The van der Waals surface area contributed by atoms with E-state index in [-0.39, 0.29) is 17.5 Å². The number of nitrogens with zero attached hydrogens (tertiary/aromatic N) is 2. The first-order valence-electron chi connectivity index (χ1n) is 6.14. The fourth-order valence-electron chi connectivity index (χ4n) is 2.16. The number of fused-ring (bicyclic) bond motifs is 1. The number of carbonyl (C=O) groups excluding carboxylic acids is 1. The first-order chi connectivity index (χ1) is 9.69. The smallest absolute Gasteiger partial charge is 0.343 e. The first-order valence-corrected chi connectivity index (χ1v) is 6.14. The van der Waals surface area contributed by atoms with E-state index in [9.17, 15) is 4.79 Å². The molecule has 3 rings (SSSR count). The summed E-state index contributed by atoms with van der Waals surface area (Å²) in [5.74, 6) is 0.842. The number of hydrogen-bond donors (Lipinski definition) is 1. The Morgan fingerprint density at radius 2 is 2.25 bits per heavy atom. The van der Waals surface area contributed by atoms with Crippen molar-refractivity contribution in [2.24, 2.45) is 0 Å². The molecule has 1 aromatic carbocycles. The van der Waals surface area contributed by atoms with Crippen molar-refractivity contribution < 1.29 is 14.3 Å². The van der Waals surface area contributed by atoms with E-state index in [0.717, 1.165) is 11.3 Å². The Morgan fingerprint density at radius 3 is 2.95 bits per heavy atom. The van der Waals surface area contributed by atoms with Crippen LogP contribution in [0.3, 0.4) is 0 Å². The van der Waals surface area contributed by atoms with E-state index >= 15 is 0 Å². The molecule has 0 fully saturated rings. The standard InChI is InChI=1S/C14H13N3O3/c1-19-14(18)9-7-16-13(17-12(9)15)11-6-8-4-2-3-5-10(8)20-11/h2-5,7,11H,6H2,1H3,(H2,15,16,17). The summed E-state index contributed by atoms with van der Waals surface area (Å²) in [5.41, 5.74) is 7.03. The van der Waals surface area contributed by atoms with E-state index in [1.807, 2.05) is 24.3 Å². The van der Waals surface area contributed by atoms with Gasteiger partial charge in [0.25, 0.3) is 0 Å². The van der Waals surface area contributed by atoms with Gasteiger partial charge in [0.05, 0.1) is 7.11 Å². The zero-order valence-corrected chi connectivity index (χ0v) is 10.9. The number of nitrogens with two attached hydrogens (primary N) is 1. The minimum atomic E-state index is -0.551. The van der Waals surface area contributed by atoms with Crippen molar-refractivity contribution in [3.63, 3.8) is 0 Å².